The van der Waals surface area contributed by atoms with Crippen LogP contribution in [0.25, 0.3) is 11.1 Å². The van der Waals surface area contributed by atoms with Crippen molar-refractivity contribution >= 4 is 21.0 Å². The van der Waals surface area contributed by atoms with E-state index in [1.165, 1.54) is 70.2 Å². The fourth-order valence-corrected chi connectivity index (χ4v) is 8.06. The van der Waals surface area contributed by atoms with E-state index in [9.17, 15) is 8.42 Å². The second-order valence-corrected chi connectivity index (χ2v) is 13.6. The standard InChI is InChI=1S/C38H38O2S/c39-41(40,27-29-19-23-35(24-20-29)37(33-15-7-8-16-33)31-11-3-1-4-12-31)28-30-21-25-36(26-22-30)38(34-17-9-10-18-34)32-13-5-2-6-14-32/h1-6,11-14,19-26H,7-10,15-18,27-28H2. The average molecular weight is 559 g/mol. The number of hydrogen-bond acceptors (Lipinski definition) is 2. The quantitative estimate of drug-likeness (QED) is 0.216. The molecule has 2 nitrogen and oxygen atoms in total. The van der Waals surface area contributed by atoms with Crippen LogP contribution in [0.15, 0.2) is 120 Å². The van der Waals surface area contributed by atoms with Crippen molar-refractivity contribution in [2.24, 2.45) is 0 Å². The van der Waals surface area contributed by atoms with Crippen molar-refractivity contribution in [3.63, 3.8) is 0 Å². The highest BCUT2D eigenvalue weighted by Gasteiger charge is 2.19. The first-order chi connectivity index (χ1) is 20.1. The Morgan fingerprint density at radius 3 is 1.10 bits per heavy atom. The predicted octanol–water partition coefficient (Wildman–Crippen LogP) is 9.55. The monoisotopic (exact) mass is 558 g/mol. The van der Waals surface area contributed by atoms with E-state index in [1.54, 1.807) is 0 Å². The first kappa shape index (κ1) is 27.5. The molecule has 3 heteroatoms. The molecule has 0 heterocycles. The molecular weight excluding hydrogens is 520 g/mol. The third kappa shape index (κ3) is 6.63. The molecule has 2 aliphatic carbocycles. The Hall–Kier alpha value is -3.69. The Kier molecular flexibility index (Phi) is 8.34. The van der Waals surface area contributed by atoms with E-state index in [0.29, 0.717) is 0 Å². The molecule has 0 N–H and O–H groups in total. The summed E-state index contributed by atoms with van der Waals surface area (Å²) >= 11 is 0. The molecule has 2 aliphatic rings. The van der Waals surface area contributed by atoms with Gasteiger partial charge >= 0.3 is 0 Å². The molecule has 0 aromatic heterocycles. The normalized spacial score (nSPS) is 15.3. The van der Waals surface area contributed by atoms with Crippen LogP contribution in [0.2, 0.25) is 0 Å². The van der Waals surface area contributed by atoms with Gasteiger partial charge < -0.3 is 0 Å². The third-order valence-corrected chi connectivity index (χ3v) is 10.1. The predicted molar refractivity (Wildman–Crippen MR) is 171 cm³/mol. The van der Waals surface area contributed by atoms with Crippen molar-refractivity contribution in [1.82, 2.24) is 0 Å². The lowest BCUT2D eigenvalue weighted by Crippen LogP contribution is -2.08. The van der Waals surface area contributed by atoms with Crippen LogP contribution in [0.1, 0.15) is 84.7 Å². The summed E-state index contributed by atoms with van der Waals surface area (Å²) < 4.78 is 26.5. The zero-order chi connectivity index (χ0) is 28.1. The molecule has 0 spiro atoms. The smallest absolute Gasteiger partial charge is 0.158 e. The van der Waals surface area contributed by atoms with Gasteiger partial charge in [-0.25, -0.2) is 8.42 Å². The summed E-state index contributed by atoms with van der Waals surface area (Å²) in [5.74, 6) is 0.0944. The largest absolute Gasteiger partial charge is 0.228 e. The molecule has 2 fully saturated rings. The van der Waals surface area contributed by atoms with E-state index < -0.39 is 9.84 Å². The van der Waals surface area contributed by atoms with Crippen LogP contribution in [0.3, 0.4) is 0 Å². The van der Waals surface area contributed by atoms with Gasteiger partial charge in [-0.2, -0.15) is 0 Å². The minimum atomic E-state index is -3.31. The number of allylic oxidation sites excluding steroid dienone is 2. The fraction of sp³-hybridized carbons (Fsp3) is 0.263. The molecule has 2 saturated carbocycles. The Labute approximate surface area is 245 Å². The van der Waals surface area contributed by atoms with Gasteiger partial charge in [0.2, 0.25) is 0 Å². The molecule has 0 atom stereocenters. The lowest BCUT2D eigenvalue weighted by Gasteiger charge is -2.14. The van der Waals surface area contributed by atoms with Crippen LogP contribution in [0, 0.1) is 0 Å². The van der Waals surface area contributed by atoms with Crippen LogP contribution < -0.4 is 0 Å². The minimum absolute atomic E-state index is 0.0472. The summed E-state index contributed by atoms with van der Waals surface area (Å²) in [6.07, 6.45) is 9.54. The minimum Gasteiger partial charge on any atom is -0.228 e. The molecule has 0 unspecified atom stereocenters. The maximum absolute atomic E-state index is 13.2. The maximum Gasteiger partial charge on any atom is 0.158 e. The first-order valence-corrected chi connectivity index (χ1v) is 16.8. The second-order valence-electron chi connectivity index (χ2n) is 11.5. The van der Waals surface area contributed by atoms with Crippen molar-refractivity contribution < 1.29 is 8.42 Å². The Balaban J connectivity index is 1.18. The van der Waals surface area contributed by atoms with Gasteiger partial charge in [0.25, 0.3) is 0 Å². The molecule has 6 rings (SSSR count). The highest BCUT2D eigenvalue weighted by atomic mass is 32.2. The van der Waals surface area contributed by atoms with E-state index >= 15 is 0 Å². The molecule has 4 aromatic carbocycles. The highest BCUT2D eigenvalue weighted by molar-refractivity contribution is 7.89. The van der Waals surface area contributed by atoms with Gasteiger partial charge in [-0.1, -0.05) is 120 Å². The number of hydrogen-bond donors (Lipinski definition) is 0. The third-order valence-electron chi connectivity index (χ3n) is 8.50. The second kappa shape index (κ2) is 12.4. The van der Waals surface area contributed by atoms with Crippen molar-refractivity contribution in [3.8, 4) is 0 Å². The molecule has 0 bridgehead atoms. The first-order valence-electron chi connectivity index (χ1n) is 15.0. The Morgan fingerprint density at radius 1 is 0.439 bits per heavy atom. The van der Waals surface area contributed by atoms with Gasteiger partial charge in [0.15, 0.2) is 9.84 Å². The van der Waals surface area contributed by atoms with E-state index in [1.807, 2.05) is 24.3 Å². The van der Waals surface area contributed by atoms with Gasteiger partial charge in [-0.15, -0.1) is 0 Å². The summed E-state index contributed by atoms with van der Waals surface area (Å²) in [7, 11) is -3.31. The number of rotatable bonds is 8. The van der Waals surface area contributed by atoms with E-state index in [4.69, 9.17) is 0 Å². The molecule has 0 radical (unpaired) electrons. The Bertz CT molecular complexity index is 1510. The van der Waals surface area contributed by atoms with Crippen LogP contribution in [-0.2, 0) is 21.3 Å². The Morgan fingerprint density at radius 2 is 0.756 bits per heavy atom. The molecule has 208 valence electrons. The molecule has 4 aromatic rings. The van der Waals surface area contributed by atoms with Gasteiger partial charge in [-0.3, -0.25) is 0 Å². The van der Waals surface area contributed by atoms with Gasteiger partial charge in [-0.05, 0) is 95.9 Å². The number of benzene rings is 4. The van der Waals surface area contributed by atoms with Gasteiger partial charge in [0.1, 0.15) is 0 Å². The lowest BCUT2D eigenvalue weighted by molar-refractivity contribution is 0.594. The molecular formula is C38H38O2S. The zero-order valence-electron chi connectivity index (χ0n) is 23.7. The molecule has 0 amide bonds. The van der Waals surface area contributed by atoms with Crippen molar-refractivity contribution in [2.75, 3.05) is 0 Å². The molecule has 0 aliphatic heterocycles. The summed E-state index contributed by atoms with van der Waals surface area (Å²) in [6, 6.07) is 37.6. The van der Waals surface area contributed by atoms with Gasteiger partial charge in [0, 0.05) is 0 Å². The van der Waals surface area contributed by atoms with E-state index in [2.05, 4.69) is 84.9 Å². The van der Waals surface area contributed by atoms with Crippen LogP contribution in [0.5, 0.6) is 0 Å². The lowest BCUT2D eigenvalue weighted by atomic mass is 9.92. The summed E-state index contributed by atoms with van der Waals surface area (Å²) in [5, 5.41) is 0. The highest BCUT2D eigenvalue weighted by Crippen LogP contribution is 2.37. The molecule has 41 heavy (non-hydrogen) atoms. The van der Waals surface area contributed by atoms with Gasteiger partial charge in [0.05, 0.1) is 11.5 Å². The van der Waals surface area contributed by atoms with Crippen LogP contribution in [0.4, 0.5) is 0 Å². The van der Waals surface area contributed by atoms with Crippen molar-refractivity contribution in [2.45, 2.75) is 62.9 Å². The SMILES string of the molecule is O=S(=O)(Cc1ccc(C(=C2CCCC2)c2ccccc2)cc1)Cc1ccc(C(=C2CCCC2)c2ccccc2)cc1. The van der Waals surface area contributed by atoms with Crippen molar-refractivity contribution in [3.05, 3.63) is 154 Å². The summed E-state index contributed by atoms with van der Waals surface area (Å²) in [5.41, 5.74) is 12.2. The topological polar surface area (TPSA) is 34.1 Å². The summed E-state index contributed by atoms with van der Waals surface area (Å²) in [6.45, 7) is 0. The maximum atomic E-state index is 13.2. The fourth-order valence-electron chi connectivity index (χ4n) is 6.56. The van der Waals surface area contributed by atoms with Crippen LogP contribution >= 0.6 is 0 Å². The van der Waals surface area contributed by atoms with Crippen LogP contribution in [-0.4, -0.2) is 8.42 Å². The van der Waals surface area contributed by atoms with E-state index in [0.717, 1.165) is 36.8 Å². The van der Waals surface area contributed by atoms with E-state index in [-0.39, 0.29) is 11.5 Å². The summed E-state index contributed by atoms with van der Waals surface area (Å²) in [4.78, 5) is 0. The zero-order valence-corrected chi connectivity index (χ0v) is 24.5. The molecule has 0 saturated heterocycles. The average Bonchev–Trinajstić information content (AvgIpc) is 3.72. The van der Waals surface area contributed by atoms with Crippen molar-refractivity contribution in [1.29, 1.82) is 0 Å². The number of sulfone groups is 1.